The van der Waals surface area contributed by atoms with Gasteiger partial charge >= 0.3 is 0 Å². The number of halogens is 1. The Balaban J connectivity index is 1.86. The molecule has 0 fully saturated rings. The Labute approximate surface area is 172 Å². The highest BCUT2D eigenvalue weighted by Crippen LogP contribution is 2.31. The normalized spacial score (nSPS) is 12.0. The minimum Gasteiger partial charge on any atom is -0.504 e. The molecule has 0 aliphatic heterocycles. The van der Waals surface area contributed by atoms with Gasteiger partial charge in [-0.15, -0.1) is 0 Å². The summed E-state index contributed by atoms with van der Waals surface area (Å²) in [5.41, 5.74) is 4.35. The summed E-state index contributed by atoms with van der Waals surface area (Å²) >= 11 is 1.99. The van der Waals surface area contributed by atoms with Crippen molar-refractivity contribution in [2.75, 3.05) is 13.7 Å². The molecule has 2 aromatic carbocycles. The van der Waals surface area contributed by atoms with Crippen LogP contribution in [-0.4, -0.2) is 30.9 Å². The molecule has 0 aliphatic rings. The maximum Gasteiger partial charge on any atom is 0.277 e. The van der Waals surface area contributed by atoms with Gasteiger partial charge in [-0.05, 0) is 70.3 Å². The van der Waals surface area contributed by atoms with Crippen molar-refractivity contribution < 1.29 is 19.4 Å². The minimum absolute atomic E-state index is 0.0760. The van der Waals surface area contributed by atoms with Crippen LogP contribution in [0.5, 0.6) is 17.2 Å². The number of amides is 1. The van der Waals surface area contributed by atoms with Crippen LogP contribution < -0.4 is 14.9 Å². The van der Waals surface area contributed by atoms with E-state index in [1.807, 2.05) is 46.9 Å². The van der Waals surface area contributed by atoms with E-state index in [0.29, 0.717) is 26.6 Å². The lowest BCUT2D eigenvalue weighted by atomic mass is 9.99. The summed E-state index contributed by atoms with van der Waals surface area (Å²) in [7, 11) is 1.47. The number of hydrogen-bond donors (Lipinski definition) is 2. The first kappa shape index (κ1) is 21.0. The molecule has 0 saturated heterocycles. The van der Waals surface area contributed by atoms with Crippen LogP contribution in [0.2, 0.25) is 0 Å². The zero-order valence-corrected chi connectivity index (χ0v) is 17.7. The zero-order valence-electron chi connectivity index (χ0n) is 15.5. The number of hydrazone groups is 1. The molecule has 2 N–H and O–H groups in total. The molecule has 0 saturated carbocycles. The Hall–Kier alpha value is -2.29. The molecule has 1 unspecified atom stereocenters. The van der Waals surface area contributed by atoms with Crippen LogP contribution in [0, 0.1) is 3.57 Å². The average Bonchev–Trinajstić information content (AvgIpc) is 2.68. The van der Waals surface area contributed by atoms with Gasteiger partial charge in [0.05, 0.1) is 16.9 Å². The van der Waals surface area contributed by atoms with Gasteiger partial charge in [-0.1, -0.05) is 26.0 Å². The van der Waals surface area contributed by atoms with Crippen LogP contribution in [0.1, 0.15) is 37.3 Å². The van der Waals surface area contributed by atoms with Crippen molar-refractivity contribution in [3.8, 4) is 17.2 Å². The SMILES string of the molecule is CCC(C)c1ccc(OCC(=O)NN=Cc2cc(I)c(O)c(OC)c2)cc1. The van der Waals surface area contributed by atoms with Crippen molar-refractivity contribution >= 4 is 34.7 Å². The molecular formula is C20H23IN2O4. The van der Waals surface area contributed by atoms with Crippen molar-refractivity contribution in [1.82, 2.24) is 5.43 Å². The maximum atomic E-state index is 11.9. The third kappa shape index (κ3) is 6.13. The van der Waals surface area contributed by atoms with Crippen LogP contribution in [0.15, 0.2) is 41.5 Å². The predicted octanol–water partition coefficient (Wildman–Crippen LogP) is 4.05. The number of carbonyl (C=O) groups excluding carboxylic acids is 1. The Bertz CT molecular complexity index is 806. The first-order chi connectivity index (χ1) is 12.9. The molecule has 1 atom stereocenters. The van der Waals surface area contributed by atoms with E-state index in [-0.39, 0.29) is 18.3 Å². The Morgan fingerprint density at radius 1 is 1.33 bits per heavy atom. The Kier molecular flexibility index (Phi) is 7.90. The molecule has 0 bridgehead atoms. The van der Waals surface area contributed by atoms with E-state index in [1.165, 1.54) is 18.9 Å². The number of carbonyl (C=O) groups is 1. The second-order valence-electron chi connectivity index (χ2n) is 6.01. The molecule has 0 spiro atoms. The van der Waals surface area contributed by atoms with Crippen LogP contribution >= 0.6 is 22.6 Å². The third-order valence-corrected chi connectivity index (χ3v) is 4.93. The fourth-order valence-electron chi connectivity index (χ4n) is 2.31. The summed E-state index contributed by atoms with van der Waals surface area (Å²) < 4.78 is 11.2. The third-order valence-electron chi connectivity index (χ3n) is 4.10. The van der Waals surface area contributed by atoms with E-state index in [4.69, 9.17) is 9.47 Å². The van der Waals surface area contributed by atoms with Crippen LogP contribution in [0.3, 0.4) is 0 Å². The minimum atomic E-state index is -0.363. The van der Waals surface area contributed by atoms with E-state index < -0.39 is 0 Å². The highest BCUT2D eigenvalue weighted by molar-refractivity contribution is 14.1. The lowest BCUT2D eigenvalue weighted by Crippen LogP contribution is -2.24. The number of rotatable bonds is 8. The number of nitrogens with zero attached hydrogens (tertiary/aromatic N) is 1. The zero-order chi connectivity index (χ0) is 19.8. The second kappa shape index (κ2) is 10.1. The first-order valence-corrected chi connectivity index (χ1v) is 9.63. The molecule has 0 heterocycles. The van der Waals surface area contributed by atoms with E-state index >= 15 is 0 Å². The Morgan fingerprint density at radius 2 is 2.04 bits per heavy atom. The molecule has 0 aliphatic carbocycles. The first-order valence-electron chi connectivity index (χ1n) is 8.55. The van der Waals surface area contributed by atoms with Gasteiger partial charge in [-0.2, -0.15) is 5.10 Å². The van der Waals surface area contributed by atoms with Crippen molar-refractivity contribution in [1.29, 1.82) is 0 Å². The molecular weight excluding hydrogens is 459 g/mol. The molecule has 0 radical (unpaired) electrons. The van der Waals surface area contributed by atoms with Gasteiger partial charge in [0.25, 0.3) is 5.91 Å². The number of nitrogens with one attached hydrogen (secondary N) is 1. The van der Waals surface area contributed by atoms with Crippen molar-refractivity contribution in [3.63, 3.8) is 0 Å². The predicted molar refractivity (Wildman–Crippen MR) is 114 cm³/mol. The summed E-state index contributed by atoms with van der Waals surface area (Å²) in [5.74, 6) is 1.20. The summed E-state index contributed by atoms with van der Waals surface area (Å²) in [6.45, 7) is 4.19. The standard InChI is InChI=1S/C20H23IN2O4/c1-4-13(2)15-5-7-16(8-6-15)27-12-19(24)23-22-11-14-9-17(21)20(25)18(10-14)26-3/h5-11,13,25H,4,12H2,1-3H3,(H,23,24). The van der Waals surface area contributed by atoms with Gasteiger partial charge in [0.15, 0.2) is 18.1 Å². The average molecular weight is 482 g/mol. The fourth-order valence-corrected chi connectivity index (χ4v) is 2.94. The van der Waals surface area contributed by atoms with E-state index in [1.54, 1.807) is 12.1 Å². The van der Waals surface area contributed by atoms with Gasteiger partial charge < -0.3 is 14.6 Å². The Morgan fingerprint density at radius 3 is 2.67 bits per heavy atom. The summed E-state index contributed by atoms with van der Waals surface area (Å²) in [6.07, 6.45) is 2.55. The number of phenolic OH excluding ortho intramolecular Hbond substituents is 1. The number of phenols is 1. The molecule has 1 amide bonds. The topological polar surface area (TPSA) is 80.2 Å². The summed E-state index contributed by atoms with van der Waals surface area (Å²) in [4.78, 5) is 11.9. The number of hydrogen-bond acceptors (Lipinski definition) is 5. The summed E-state index contributed by atoms with van der Waals surface area (Å²) in [6, 6.07) is 11.1. The fraction of sp³-hybridized carbons (Fsp3) is 0.300. The molecule has 6 nitrogen and oxygen atoms in total. The number of aromatic hydroxyl groups is 1. The summed E-state index contributed by atoms with van der Waals surface area (Å²) in [5, 5.41) is 13.7. The second-order valence-corrected chi connectivity index (χ2v) is 7.18. The van der Waals surface area contributed by atoms with E-state index in [9.17, 15) is 9.90 Å². The maximum absolute atomic E-state index is 11.9. The van der Waals surface area contributed by atoms with Gasteiger partial charge in [-0.3, -0.25) is 4.79 Å². The lowest BCUT2D eigenvalue weighted by Gasteiger charge is -2.10. The van der Waals surface area contributed by atoms with Crippen LogP contribution in [0.25, 0.3) is 0 Å². The molecule has 27 heavy (non-hydrogen) atoms. The van der Waals surface area contributed by atoms with Gasteiger partial charge in [-0.25, -0.2) is 5.43 Å². The molecule has 2 rings (SSSR count). The van der Waals surface area contributed by atoms with E-state index in [0.717, 1.165) is 6.42 Å². The smallest absolute Gasteiger partial charge is 0.277 e. The largest absolute Gasteiger partial charge is 0.504 e. The van der Waals surface area contributed by atoms with Crippen molar-refractivity contribution in [3.05, 3.63) is 51.1 Å². The monoisotopic (exact) mass is 482 g/mol. The quantitative estimate of drug-likeness (QED) is 0.338. The molecule has 144 valence electrons. The molecule has 0 aromatic heterocycles. The molecule has 2 aromatic rings. The molecule has 7 heteroatoms. The van der Waals surface area contributed by atoms with Gasteiger partial charge in [0.2, 0.25) is 0 Å². The van der Waals surface area contributed by atoms with E-state index in [2.05, 4.69) is 24.4 Å². The highest BCUT2D eigenvalue weighted by atomic mass is 127. The number of benzene rings is 2. The number of methoxy groups -OCH3 is 1. The van der Waals surface area contributed by atoms with Crippen molar-refractivity contribution in [2.45, 2.75) is 26.2 Å². The number of ether oxygens (including phenoxy) is 2. The highest BCUT2D eigenvalue weighted by Gasteiger charge is 2.08. The van der Waals surface area contributed by atoms with Crippen LogP contribution in [-0.2, 0) is 4.79 Å². The van der Waals surface area contributed by atoms with Gasteiger partial charge in [0, 0.05) is 0 Å². The van der Waals surface area contributed by atoms with Gasteiger partial charge in [0.1, 0.15) is 5.75 Å². The van der Waals surface area contributed by atoms with Crippen molar-refractivity contribution in [2.24, 2.45) is 5.10 Å². The van der Waals surface area contributed by atoms with Crippen LogP contribution in [0.4, 0.5) is 0 Å². The lowest BCUT2D eigenvalue weighted by molar-refractivity contribution is -0.123.